The number of anilines is 1. The van der Waals surface area contributed by atoms with Crippen LogP contribution in [0.25, 0.3) is 17.8 Å². The quantitative estimate of drug-likeness (QED) is 0.436. The van der Waals surface area contributed by atoms with Crippen LogP contribution in [0, 0.1) is 0 Å². The van der Waals surface area contributed by atoms with E-state index in [4.69, 9.17) is 14.5 Å². The molecule has 0 amide bonds. The maximum Gasteiger partial charge on any atom is 0.338 e. The van der Waals surface area contributed by atoms with E-state index in [2.05, 4.69) is 17.4 Å². The molecule has 2 aromatic carbocycles. The maximum atomic E-state index is 11.9. The van der Waals surface area contributed by atoms with Crippen LogP contribution in [0.4, 0.5) is 5.82 Å². The minimum Gasteiger partial charge on any atom is -0.497 e. The fourth-order valence-electron chi connectivity index (χ4n) is 3.27. The highest BCUT2D eigenvalue weighted by molar-refractivity contribution is 5.90. The Kier molecular flexibility index (Phi) is 5.98. The number of nitrogens with one attached hydrogen (secondary N) is 1. The number of carbonyl (C=O) groups excluding carboxylic acids is 1. The van der Waals surface area contributed by atoms with E-state index >= 15 is 0 Å². The lowest BCUT2D eigenvalue weighted by molar-refractivity contribution is 0.0600. The molecule has 6 nitrogen and oxygen atoms in total. The molecule has 2 aromatic heterocycles. The Morgan fingerprint density at radius 3 is 2.52 bits per heavy atom. The van der Waals surface area contributed by atoms with Crippen LogP contribution in [0.15, 0.2) is 72.9 Å². The zero-order valence-electron chi connectivity index (χ0n) is 17.4. The maximum absolute atomic E-state index is 11.9. The second kappa shape index (κ2) is 9.17. The molecule has 1 N–H and O–H groups in total. The number of carbonyl (C=O) groups is 1. The number of imidazole rings is 1. The van der Waals surface area contributed by atoms with Gasteiger partial charge in [0.15, 0.2) is 0 Å². The van der Waals surface area contributed by atoms with Crippen molar-refractivity contribution in [3.63, 3.8) is 0 Å². The first-order valence-corrected chi connectivity index (χ1v) is 9.88. The van der Waals surface area contributed by atoms with Crippen LogP contribution in [0.2, 0.25) is 0 Å². The van der Waals surface area contributed by atoms with Gasteiger partial charge in [0, 0.05) is 12.7 Å². The molecule has 0 saturated carbocycles. The molecule has 6 heteroatoms. The summed E-state index contributed by atoms with van der Waals surface area (Å²) in [6, 6.07) is 21.4. The Bertz CT molecular complexity index is 1210. The zero-order chi connectivity index (χ0) is 21.6. The van der Waals surface area contributed by atoms with Gasteiger partial charge in [-0.15, -0.1) is 0 Å². The fraction of sp³-hybridized carbons (Fsp3) is 0.120. The third kappa shape index (κ3) is 4.59. The van der Waals surface area contributed by atoms with Crippen LogP contribution < -0.4 is 10.1 Å². The van der Waals surface area contributed by atoms with Crippen molar-refractivity contribution in [1.82, 2.24) is 9.38 Å². The van der Waals surface area contributed by atoms with Crippen LogP contribution in [0.5, 0.6) is 5.75 Å². The largest absolute Gasteiger partial charge is 0.497 e. The van der Waals surface area contributed by atoms with Crippen molar-refractivity contribution in [2.45, 2.75) is 6.54 Å². The summed E-state index contributed by atoms with van der Waals surface area (Å²) in [7, 11) is 3.02. The molecule has 31 heavy (non-hydrogen) atoms. The van der Waals surface area contributed by atoms with Crippen molar-refractivity contribution in [2.75, 3.05) is 19.5 Å². The van der Waals surface area contributed by atoms with Gasteiger partial charge in [0.05, 0.1) is 19.8 Å². The first kappa shape index (κ1) is 20.2. The molecule has 0 radical (unpaired) electrons. The van der Waals surface area contributed by atoms with E-state index in [9.17, 15) is 4.79 Å². The number of aromatic nitrogens is 2. The van der Waals surface area contributed by atoms with Crippen LogP contribution in [0.3, 0.4) is 0 Å². The second-order valence-corrected chi connectivity index (χ2v) is 6.93. The Hall–Kier alpha value is -4.06. The molecule has 0 saturated heterocycles. The second-order valence-electron chi connectivity index (χ2n) is 6.93. The lowest BCUT2D eigenvalue weighted by Crippen LogP contribution is -2.05. The number of esters is 1. The van der Waals surface area contributed by atoms with Gasteiger partial charge in [0.1, 0.15) is 22.9 Å². The Labute approximate surface area is 180 Å². The Balaban J connectivity index is 1.69. The van der Waals surface area contributed by atoms with E-state index < -0.39 is 0 Å². The molecule has 0 fully saturated rings. The molecular formula is C25H23N3O3. The molecule has 0 aliphatic carbocycles. The lowest BCUT2D eigenvalue weighted by Gasteiger charge is -2.08. The van der Waals surface area contributed by atoms with Crippen molar-refractivity contribution in [3.8, 4) is 5.75 Å². The van der Waals surface area contributed by atoms with Crippen molar-refractivity contribution >= 4 is 29.6 Å². The molecule has 156 valence electrons. The smallest absolute Gasteiger partial charge is 0.338 e. The Morgan fingerprint density at radius 2 is 1.81 bits per heavy atom. The predicted octanol–water partition coefficient (Wildman–Crippen LogP) is 4.91. The summed E-state index contributed by atoms with van der Waals surface area (Å²) in [5.41, 5.74) is 4.08. The molecule has 4 rings (SSSR count). The number of benzene rings is 2. The first-order valence-electron chi connectivity index (χ1n) is 9.88. The SMILES string of the molecule is COC(=O)c1ccn2c(NCc3ccccc3)c(/C=C/c3ccc(OC)cc3)nc2c1. The number of ether oxygens (including phenoxy) is 2. The average Bonchev–Trinajstić information content (AvgIpc) is 3.18. The molecule has 0 aliphatic heterocycles. The van der Waals surface area contributed by atoms with Crippen LogP contribution in [-0.4, -0.2) is 29.6 Å². The van der Waals surface area contributed by atoms with E-state index in [1.165, 1.54) is 7.11 Å². The van der Waals surface area contributed by atoms with Crippen LogP contribution in [0.1, 0.15) is 27.2 Å². The summed E-state index contributed by atoms with van der Waals surface area (Å²) >= 11 is 0. The van der Waals surface area contributed by atoms with Gasteiger partial charge in [0.25, 0.3) is 0 Å². The van der Waals surface area contributed by atoms with Crippen molar-refractivity contribution < 1.29 is 14.3 Å². The summed E-state index contributed by atoms with van der Waals surface area (Å²) in [4.78, 5) is 16.7. The third-order valence-electron chi connectivity index (χ3n) is 4.93. The average molecular weight is 413 g/mol. The van der Waals surface area contributed by atoms with Gasteiger partial charge < -0.3 is 14.8 Å². The summed E-state index contributed by atoms with van der Waals surface area (Å²) in [5.74, 6) is 1.27. The highest BCUT2D eigenvalue weighted by Crippen LogP contribution is 2.23. The van der Waals surface area contributed by atoms with Crippen molar-refractivity contribution in [1.29, 1.82) is 0 Å². The molecule has 0 atom stereocenters. The van der Waals surface area contributed by atoms with E-state index in [0.717, 1.165) is 28.4 Å². The molecule has 0 bridgehead atoms. The zero-order valence-corrected chi connectivity index (χ0v) is 17.4. The number of methoxy groups -OCH3 is 2. The highest BCUT2D eigenvalue weighted by Gasteiger charge is 2.13. The predicted molar refractivity (Wildman–Crippen MR) is 122 cm³/mol. The molecule has 2 heterocycles. The minimum absolute atomic E-state index is 0.389. The van der Waals surface area contributed by atoms with E-state index in [-0.39, 0.29) is 5.97 Å². The summed E-state index contributed by atoms with van der Waals surface area (Å²) in [5, 5.41) is 3.48. The molecular weight excluding hydrogens is 390 g/mol. The van der Waals surface area contributed by atoms with Gasteiger partial charge in [-0.2, -0.15) is 0 Å². The van der Waals surface area contributed by atoms with Crippen LogP contribution >= 0.6 is 0 Å². The normalized spacial score (nSPS) is 11.0. The minimum atomic E-state index is -0.389. The van der Waals surface area contributed by atoms with Crippen LogP contribution in [-0.2, 0) is 11.3 Å². The molecule has 0 aliphatic rings. The molecule has 0 unspecified atom stereocenters. The first-order chi connectivity index (χ1) is 15.2. The number of hydrogen-bond acceptors (Lipinski definition) is 5. The van der Waals surface area contributed by atoms with Gasteiger partial charge in [-0.25, -0.2) is 9.78 Å². The highest BCUT2D eigenvalue weighted by atomic mass is 16.5. The third-order valence-corrected chi connectivity index (χ3v) is 4.93. The summed E-state index contributed by atoms with van der Waals surface area (Å²) in [6.45, 7) is 0.650. The van der Waals surface area contributed by atoms with E-state index in [1.807, 2.05) is 65.2 Å². The number of pyridine rings is 1. The number of nitrogens with zero attached hydrogens (tertiary/aromatic N) is 2. The lowest BCUT2D eigenvalue weighted by atomic mass is 10.2. The van der Waals surface area contributed by atoms with Gasteiger partial charge in [-0.05, 0) is 41.5 Å². The monoisotopic (exact) mass is 413 g/mol. The molecule has 0 spiro atoms. The van der Waals surface area contributed by atoms with Crippen molar-refractivity contribution in [2.24, 2.45) is 0 Å². The molecule has 4 aromatic rings. The van der Waals surface area contributed by atoms with Crippen molar-refractivity contribution in [3.05, 3.63) is 95.3 Å². The van der Waals surface area contributed by atoms with Gasteiger partial charge in [-0.1, -0.05) is 48.5 Å². The summed E-state index contributed by atoms with van der Waals surface area (Å²) in [6.07, 6.45) is 5.78. The number of rotatable bonds is 7. The summed E-state index contributed by atoms with van der Waals surface area (Å²) < 4.78 is 12.0. The van der Waals surface area contributed by atoms with E-state index in [0.29, 0.717) is 17.8 Å². The van der Waals surface area contributed by atoms with Gasteiger partial charge in [0.2, 0.25) is 0 Å². The van der Waals surface area contributed by atoms with E-state index in [1.54, 1.807) is 19.2 Å². The standard InChI is InChI=1S/C25H23N3O3/c1-30-21-11-8-18(9-12-21)10-13-22-24(26-17-19-6-4-3-5-7-19)28-15-14-20(25(29)31-2)16-23(28)27-22/h3-16,26H,17H2,1-2H3/b13-10+. The van der Waals surface area contributed by atoms with Gasteiger partial charge in [-0.3, -0.25) is 4.40 Å². The Morgan fingerprint density at radius 1 is 1.03 bits per heavy atom. The van der Waals surface area contributed by atoms with Gasteiger partial charge >= 0.3 is 5.97 Å². The fourth-order valence-corrected chi connectivity index (χ4v) is 3.27. The number of fused-ring (bicyclic) bond motifs is 1. The topological polar surface area (TPSA) is 64.9 Å². The number of hydrogen-bond donors (Lipinski definition) is 1.